The number of allylic oxidation sites excluding steroid dienone is 5. The van der Waals surface area contributed by atoms with E-state index in [4.69, 9.17) is 13.9 Å². The molecule has 0 saturated carbocycles. The van der Waals surface area contributed by atoms with E-state index in [0.29, 0.717) is 12.5 Å². The summed E-state index contributed by atoms with van der Waals surface area (Å²) in [5, 5.41) is 1.88. The lowest BCUT2D eigenvalue weighted by Gasteiger charge is -2.25. The van der Waals surface area contributed by atoms with Crippen molar-refractivity contribution < 1.29 is 23.1 Å². The minimum absolute atomic E-state index is 0.168. The van der Waals surface area contributed by atoms with Crippen molar-refractivity contribution in [3.05, 3.63) is 95.6 Å². The number of nitrogens with zero attached hydrogens (tertiary/aromatic N) is 3. The van der Waals surface area contributed by atoms with Gasteiger partial charge in [0.25, 0.3) is 0 Å². The molecule has 3 rings (SSSR count). The first kappa shape index (κ1) is 32.3. The number of carbonyl (C=O) groups excluding carboxylic acids is 1. The molecule has 216 valence electrons. The van der Waals surface area contributed by atoms with Gasteiger partial charge in [-0.15, -0.1) is 0 Å². The largest absolute Gasteiger partial charge is 0.465 e. The summed E-state index contributed by atoms with van der Waals surface area (Å²) in [5.41, 5.74) is 1.72. The third-order valence-corrected chi connectivity index (χ3v) is 6.10. The molecule has 0 bridgehead atoms. The van der Waals surface area contributed by atoms with Crippen LogP contribution in [0.5, 0.6) is 0 Å². The molecule has 1 unspecified atom stereocenters. The number of ether oxygens (including phenoxy) is 2. The van der Waals surface area contributed by atoms with E-state index in [1.807, 2.05) is 51.1 Å². The smallest absolute Gasteiger partial charge is 0.367 e. The van der Waals surface area contributed by atoms with Crippen molar-refractivity contribution in [1.29, 1.82) is 0 Å². The number of methoxy groups -OCH3 is 2. The minimum atomic E-state index is -2.31. The maximum atomic E-state index is 15.6. The van der Waals surface area contributed by atoms with E-state index in [1.54, 1.807) is 30.0 Å². The van der Waals surface area contributed by atoms with E-state index < -0.39 is 11.8 Å². The topological polar surface area (TPSA) is 71.4 Å². The van der Waals surface area contributed by atoms with Gasteiger partial charge in [0.2, 0.25) is 5.89 Å². The van der Waals surface area contributed by atoms with Gasteiger partial charge in [-0.05, 0) is 56.5 Å². The molecular weight excluding hydrogens is 509 g/mol. The van der Waals surface area contributed by atoms with Gasteiger partial charge in [-0.1, -0.05) is 56.9 Å². The van der Waals surface area contributed by atoms with Crippen molar-refractivity contribution in [3.63, 3.8) is 0 Å². The molecule has 0 saturated heterocycles. The van der Waals surface area contributed by atoms with Crippen LogP contribution in [0.1, 0.15) is 50.5 Å². The molecular formula is C32H42FN3O4. The highest BCUT2D eigenvalue weighted by molar-refractivity contribution is 5.77. The van der Waals surface area contributed by atoms with Crippen molar-refractivity contribution in [2.45, 2.75) is 59.3 Å². The van der Waals surface area contributed by atoms with Gasteiger partial charge in [0.05, 0.1) is 19.3 Å². The second-order valence-corrected chi connectivity index (χ2v) is 9.10. The van der Waals surface area contributed by atoms with Crippen LogP contribution in [0.2, 0.25) is 0 Å². The molecule has 3 aromatic rings. The molecule has 3 heterocycles. The predicted molar refractivity (Wildman–Crippen MR) is 159 cm³/mol. The van der Waals surface area contributed by atoms with Gasteiger partial charge < -0.3 is 23.0 Å². The highest BCUT2D eigenvalue weighted by atomic mass is 19.1. The summed E-state index contributed by atoms with van der Waals surface area (Å²) in [4.78, 5) is 16.4. The molecule has 0 amide bonds. The van der Waals surface area contributed by atoms with Crippen molar-refractivity contribution >= 4 is 23.7 Å². The highest BCUT2D eigenvalue weighted by Gasteiger charge is 2.42. The summed E-state index contributed by atoms with van der Waals surface area (Å²) in [6.45, 7) is 12.3. The van der Waals surface area contributed by atoms with E-state index in [0.717, 1.165) is 46.9 Å². The molecule has 0 aromatic carbocycles. The molecule has 3 aromatic heterocycles. The summed E-state index contributed by atoms with van der Waals surface area (Å²) >= 11 is 0. The summed E-state index contributed by atoms with van der Waals surface area (Å²) < 4.78 is 33.8. The number of aromatic nitrogens is 3. The zero-order chi connectivity index (χ0) is 29.5. The van der Waals surface area contributed by atoms with Crippen LogP contribution in [0.3, 0.4) is 0 Å². The Morgan fingerprint density at radius 1 is 1.12 bits per heavy atom. The second kappa shape index (κ2) is 16.3. The van der Waals surface area contributed by atoms with Gasteiger partial charge in [-0.3, -0.25) is 0 Å². The fourth-order valence-electron chi connectivity index (χ4n) is 3.85. The fraction of sp³-hybridized carbons (Fsp3) is 0.375. The second-order valence-electron chi connectivity index (χ2n) is 9.10. The number of oxazole rings is 1. The average Bonchev–Trinajstić information content (AvgIpc) is 3.69. The summed E-state index contributed by atoms with van der Waals surface area (Å²) in [7, 11) is 2.85. The molecule has 0 aliphatic rings. The van der Waals surface area contributed by atoms with E-state index in [1.165, 1.54) is 24.1 Å². The van der Waals surface area contributed by atoms with Crippen LogP contribution in [-0.4, -0.2) is 40.9 Å². The molecule has 1 atom stereocenters. The Balaban J connectivity index is 0.000000319. The zero-order valence-corrected chi connectivity index (χ0v) is 24.5. The predicted octanol–water partition coefficient (Wildman–Crippen LogP) is 5.62. The molecule has 0 aliphatic carbocycles. The standard InChI is InChI=1S/C19H25FN2O3.C13H17NO/c1-4-8-17-16(9-7-14-24-2)10-13-21(17)15-19(20,18(23)25-3)22-11-5-6-12-22;1-5-6-7-8-9-10(2)13-14-11(3)12(4)15-13/h5-6,8-13H,4,7,14-15H2,1-3H3;6-9H,2,5H2,1,3-4H3/b16-9-,17-8+;7-6-,9-8-. The Labute approximate surface area is 236 Å². The van der Waals surface area contributed by atoms with Gasteiger partial charge >= 0.3 is 11.8 Å². The monoisotopic (exact) mass is 551 g/mol. The van der Waals surface area contributed by atoms with Crippen LogP contribution in [0.4, 0.5) is 4.39 Å². The number of alkyl halides is 1. The van der Waals surface area contributed by atoms with Crippen LogP contribution in [-0.2, 0) is 26.6 Å². The van der Waals surface area contributed by atoms with Crippen LogP contribution >= 0.6 is 0 Å². The maximum absolute atomic E-state index is 15.6. The normalized spacial score (nSPS) is 14.0. The van der Waals surface area contributed by atoms with Crippen LogP contribution in [0.15, 0.2) is 72.1 Å². The first-order valence-corrected chi connectivity index (χ1v) is 13.4. The van der Waals surface area contributed by atoms with Gasteiger partial charge in [0.1, 0.15) is 5.76 Å². The lowest BCUT2D eigenvalue weighted by atomic mass is 10.2. The number of carbonyl (C=O) groups is 1. The van der Waals surface area contributed by atoms with E-state index in [2.05, 4.69) is 30.6 Å². The Bertz CT molecular complexity index is 1380. The lowest BCUT2D eigenvalue weighted by Crippen LogP contribution is -2.44. The summed E-state index contributed by atoms with van der Waals surface area (Å²) in [6.07, 6.45) is 19.4. The Morgan fingerprint density at radius 3 is 2.42 bits per heavy atom. The summed E-state index contributed by atoms with van der Waals surface area (Å²) in [5.74, 6) is -1.78. The van der Waals surface area contributed by atoms with Crippen molar-refractivity contribution in [1.82, 2.24) is 14.1 Å². The molecule has 0 N–H and O–H groups in total. The van der Waals surface area contributed by atoms with Gasteiger partial charge in [0.15, 0.2) is 0 Å². The zero-order valence-electron chi connectivity index (χ0n) is 24.5. The third kappa shape index (κ3) is 8.81. The van der Waals surface area contributed by atoms with Crippen molar-refractivity contribution in [3.8, 4) is 0 Å². The fourth-order valence-corrected chi connectivity index (χ4v) is 3.85. The molecule has 0 fully saturated rings. The number of hydrogen-bond donors (Lipinski definition) is 0. The number of esters is 1. The molecule has 0 radical (unpaired) electrons. The third-order valence-electron chi connectivity index (χ3n) is 6.10. The van der Waals surface area contributed by atoms with Crippen LogP contribution in [0, 0.1) is 13.8 Å². The van der Waals surface area contributed by atoms with Gasteiger partial charge in [-0.2, -0.15) is 0 Å². The number of hydrogen-bond acceptors (Lipinski definition) is 5. The van der Waals surface area contributed by atoms with Crippen LogP contribution in [0.25, 0.3) is 17.7 Å². The summed E-state index contributed by atoms with van der Waals surface area (Å²) in [6, 6.07) is 5.27. The minimum Gasteiger partial charge on any atom is -0.465 e. The molecule has 40 heavy (non-hydrogen) atoms. The quantitative estimate of drug-likeness (QED) is 0.166. The Hall–Kier alpha value is -3.91. The van der Waals surface area contributed by atoms with Crippen molar-refractivity contribution in [2.24, 2.45) is 0 Å². The maximum Gasteiger partial charge on any atom is 0.367 e. The lowest BCUT2D eigenvalue weighted by molar-refractivity contribution is -0.164. The molecule has 0 aliphatic heterocycles. The first-order chi connectivity index (χ1) is 19.2. The van der Waals surface area contributed by atoms with E-state index in [-0.39, 0.29) is 6.54 Å². The van der Waals surface area contributed by atoms with Crippen molar-refractivity contribution in [2.75, 3.05) is 20.8 Å². The van der Waals surface area contributed by atoms with E-state index in [9.17, 15) is 4.79 Å². The number of rotatable bonds is 12. The van der Waals surface area contributed by atoms with E-state index >= 15 is 4.39 Å². The first-order valence-electron chi connectivity index (χ1n) is 13.4. The Morgan fingerprint density at radius 2 is 1.85 bits per heavy atom. The SMILES string of the molecule is C=C(/C=C\C=C/CC)c1nc(C)c(C)o1.CC/C=c1\c(=C/CCOC)ccn1CC(F)(C(=O)OC)n1cccc1. The molecule has 0 spiro atoms. The van der Waals surface area contributed by atoms with Crippen LogP contribution < -0.4 is 10.6 Å². The molecule has 7 nitrogen and oxygen atoms in total. The Kier molecular flexibility index (Phi) is 13.1. The van der Waals surface area contributed by atoms with Gasteiger partial charge in [-0.25, -0.2) is 14.2 Å². The highest BCUT2D eigenvalue weighted by Crippen LogP contribution is 2.23. The van der Waals surface area contributed by atoms with Gasteiger partial charge in [0, 0.05) is 43.2 Å². The average molecular weight is 552 g/mol. The number of halogens is 1. The molecule has 8 heteroatoms. The number of aryl methyl sites for hydroxylation is 2.